The maximum absolute atomic E-state index is 11.8. The van der Waals surface area contributed by atoms with Gasteiger partial charge < -0.3 is 15.7 Å². The van der Waals surface area contributed by atoms with Crippen LogP contribution in [0.1, 0.15) is 26.2 Å². The Morgan fingerprint density at radius 2 is 2.50 bits per heavy atom. The average molecular weight is 249 g/mol. The van der Waals surface area contributed by atoms with Gasteiger partial charge in [0.05, 0.1) is 18.5 Å². The van der Waals surface area contributed by atoms with E-state index in [2.05, 4.69) is 15.6 Å². The molecule has 2 amide bonds. The Bertz CT molecular complexity index is 410. The highest BCUT2D eigenvalue weighted by Gasteiger charge is 2.39. The number of aliphatic hydroxyl groups is 1. The second kappa shape index (κ2) is 5.35. The van der Waals surface area contributed by atoms with Crippen molar-refractivity contribution < 1.29 is 9.90 Å². The van der Waals surface area contributed by atoms with Gasteiger partial charge in [-0.05, 0) is 25.0 Å². The summed E-state index contributed by atoms with van der Waals surface area (Å²) in [5.74, 6) is 0. The Labute approximate surface area is 107 Å². The van der Waals surface area contributed by atoms with Crippen LogP contribution in [-0.4, -0.2) is 28.8 Å². The molecular weight excluding hydrogens is 230 g/mol. The Hall–Kier alpha value is -1.62. The molecule has 0 unspecified atom stereocenters. The molecule has 1 aromatic heterocycles. The summed E-state index contributed by atoms with van der Waals surface area (Å²) < 4.78 is 0. The molecule has 3 N–H and O–H groups in total. The molecule has 0 spiro atoms. The lowest BCUT2D eigenvalue weighted by Crippen LogP contribution is -2.46. The van der Waals surface area contributed by atoms with Crippen LogP contribution in [-0.2, 0) is 0 Å². The van der Waals surface area contributed by atoms with Crippen molar-refractivity contribution >= 4 is 11.7 Å². The number of nitrogens with one attached hydrogen (secondary N) is 2. The van der Waals surface area contributed by atoms with Gasteiger partial charge in [-0.15, -0.1) is 0 Å². The van der Waals surface area contributed by atoms with Crippen molar-refractivity contribution in [3.8, 4) is 0 Å². The van der Waals surface area contributed by atoms with Gasteiger partial charge >= 0.3 is 6.03 Å². The Morgan fingerprint density at radius 1 is 1.67 bits per heavy atom. The summed E-state index contributed by atoms with van der Waals surface area (Å²) >= 11 is 0. The summed E-state index contributed by atoms with van der Waals surface area (Å²) in [6, 6.07) is 3.34. The van der Waals surface area contributed by atoms with Gasteiger partial charge in [0, 0.05) is 17.7 Å². The third kappa shape index (κ3) is 2.79. The van der Waals surface area contributed by atoms with Crippen LogP contribution in [0.15, 0.2) is 24.5 Å². The zero-order valence-electron chi connectivity index (χ0n) is 10.5. The van der Waals surface area contributed by atoms with Crippen LogP contribution in [0.2, 0.25) is 0 Å². The molecule has 2 atom stereocenters. The molecule has 1 aromatic rings. The first-order chi connectivity index (χ1) is 8.64. The van der Waals surface area contributed by atoms with E-state index < -0.39 is 0 Å². The molecule has 2 rings (SSSR count). The molecule has 1 aliphatic rings. The number of pyridine rings is 1. The SMILES string of the molecule is C[C@@]1(CO)CCC[C@@H]1NC(=O)Nc1cccnc1. The van der Waals surface area contributed by atoms with Crippen LogP contribution in [0.4, 0.5) is 10.5 Å². The van der Waals surface area contributed by atoms with E-state index in [0.717, 1.165) is 19.3 Å². The predicted molar refractivity (Wildman–Crippen MR) is 69.2 cm³/mol. The number of carbonyl (C=O) groups excluding carboxylic acids is 1. The van der Waals surface area contributed by atoms with Crippen LogP contribution in [0.5, 0.6) is 0 Å². The minimum absolute atomic E-state index is 0.0270. The molecule has 98 valence electrons. The molecule has 0 aromatic carbocycles. The van der Waals surface area contributed by atoms with Gasteiger partial charge in [0.2, 0.25) is 0 Å². The first-order valence-electron chi connectivity index (χ1n) is 6.22. The van der Waals surface area contributed by atoms with Gasteiger partial charge in [0.1, 0.15) is 0 Å². The minimum Gasteiger partial charge on any atom is -0.396 e. The zero-order chi connectivity index (χ0) is 13.0. The molecule has 1 aliphatic carbocycles. The van der Waals surface area contributed by atoms with Crippen LogP contribution < -0.4 is 10.6 Å². The summed E-state index contributed by atoms with van der Waals surface area (Å²) in [6.07, 6.45) is 6.15. The van der Waals surface area contributed by atoms with Gasteiger partial charge in [-0.25, -0.2) is 4.79 Å². The number of hydrogen-bond acceptors (Lipinski definition) is 3. The van der Waals surface area contributed by atoms with Gasteiger partial charge in [0.15, 0.2) is 0 Å². The number of carbonyl (C=O) groups is 1. The summed E-state index contributed by atoms with van der Waals surface area (Å²) in [4.78, 5) is 15.8. The van der Waals surface area contributed by atoms with E-state index in [1.165, 1.54) is 0 Å². The standard InChI is InChI=1S/C13H19N3O2/c1-13(9-17)6-2-5-11(13)16-12(18)15-10-4-3-7-14-8-10/h3-4,7-8,11,17H,2,5-6,9H2,1H3,(H2,15,16,18)/t11-,13-/m0/s1. The predicted octanol–water partition coefficient (Wildman–Crippen LogP) is 1.75. The normalized spacial score (nSPS) is 26.9. The third-order valence-electron chi connectivity index (χ3n) is 3.67. The third-order valence-corrected chi connectivity index (χ3v) is 3.67. The molecule has 1 saturated carbocycles. The van der Waals surface area contributed by atoms with Crippen molar-refractivity contribution in [2.24, 2.45) is 5.41 Å². The lowest BCUT2D eigenvalue weighted by Gasteiger charge is -2.30. The first-order valence-corrected chi connectivity index (χ1v) is 6.22. The van der Waals surface area contributed by atoms with Crippen molar-refractivity contribution in [1.82, 2.24) is 10.3 Å². The van der Waals surface area contributed by atoms with Crippen molar-refractivity contribution in [3.05, 3.63) is 24.5 Å². The number of hydrogen-bond donors (Lipinski definition) is 3. The summed E-state index contributed by atoms with van der Waals surface area (Å²) in [5, 5.41) is 15.1. The van der Waals surface area contributed by atoms with Crippen molar-refractivity contribution in [1.29, 1.82) is 0 Å². The van der Waals surface area contributed by atoms with Gasteiger partial charge in [-0.3, -0.25) is 4.98 Å². The van der Waals surface area contributed by atoms with Gasteiger partial charge in [-0.2, -0.15) is 0 Å². The van der Waals surface area contributed by atoms with E-state index in [0.29, 0.717) is 5.69 Å². The van der Waals surface area contributed by atoms with E-state index in [9.17, 15) is 9.90 Å². The van der Waals surface area contributed by atoms with E-state index in [4.69, 9.17) is 0 Å². The summed E-state index contributed by atoms with van der Waals surface area (Å²) in [6.45, 7) is 2.11. The number of aromatic nitrogens is 1. The number of anilines is 1. The highest BCUT2D eigenvalue weighted by molar-refractivity contribution is 5.89. The molecule has 0 saturated heterocycles. The van der Waals surface area contributed by atoms with Crippen molar-refractivity contribution in [2.45, 2.75) is 32.2 Å². The summed E-state index contributed by atoms with van der Waals surface area (Å²) in [7, 11) is 0. The lowest BCUT2D eigenvalue weighted by atomic mass is 9.86. The van der Waals surface area contributed by atoms with Crippen LogP contribution in [0.3, 0.4) is 0 Å². The number of nitrogens with zero attached hydrogens (tertiary/aromatic N) is 1. The molecular formula is C13H19N3O2. The van der Waals surface area contributed by atoms with Crippen molar-refractivity contribution in [3.63, 3.8) is 0 Å². The fraction of sp³-hybridized carbons (Fsp3) is 0.538. The second-order valence-corrected chi connectivity index (χ2v) is 5.10. The highest BCUT2D eigenvalue weighted by atomic mass is 16.3. The molecule has 1 fully saturated rings. The van der Waals surface area contributed by atoms with E-state index >= 15 is 0 Å². The molecule has 5 heteroatoms. The van der Waals surface area contributed by atoms with E-state index in [1.807, 2.05) is 6.92 Å². The number of urea groups is 1. The molecule has 0 aliphatic heterocycles. The fourth-order valence-electron chi connectivity index (χ4n) is 2.43. The smallest absolute Gasteiger partial charge is 0.319 e. The molecule has 5 nitrogen and oxygen atoms in total. The highest BCUT2D eigenvalue weighted by Crippen LogP contribution is 2.37. The molecule has 0 radical (unpaired) electrons. The quantitative estimate of drug-likeness (QED) is 0.764. The monoisotopic (exact) mass is 249 g/mol. The largest absolute Gasteiger partial charge is 0.396 e. The topological polar surface area (TPSA) is 74.2 Å². The maximum atomic E-state index is 11.8. The summed E-state index contributed by atoms with van der Waals surface area (Å²) in [5.41, 5.74) is 0.463. The zero-order valence-corrected chi connectivity index (χ0v) is 10.5. The van der Waals surface area contributed by atoms with Gasteiger partial charge in [0.25, 0.3) is 0 Å². The van der Waals surface area contributed by atoms with Crippen LogP contribution >= 0.6 is 0 Å². The Kier molecular flexibility index (Phi) is 3.81. The Balaban J connectivity index is 1.92. The molecule has 1 heterocycles. The minimum atomic E-state index is -0.241. The number of aliphatic hydroxyl groups excluding tert-OH is 1. The van der Waals surface area contributed by atoms with Crippen molar-refractivity contribution in [2.75, 3.05) is 11.9 Å². The van der Waals surface area contributed by atoms with Crippen LogP contribution in [0.25, 0.3) is 0 Å². The number of amides is 2. The molecule has 0 bridgehead atoms. The maximum Gasteiger partial charge on any atom is 0.319 e. The van der Waals surface area contributed by atoms with Crippen LogP contribution in [0, 0.1) is 5.41 Å². The van der Waals surface area contributed by atoms with Gasteiger partial charge in [-0.1, -0.05) is 13.3 Å². The average Bonchev–Trinajstić information content (AvgIpc) is 2.73. The van der Waals surface area contributed by atoms with E-state index in [-0.39, 0.29) is 24.1 Å². The lowest BCUT2D eigenvalue weighted by molar-refractivity contribution is 0.122. The number of rotatable bonds is 3. The second-order valence-electron chi connectivity index (χ2n) is 5.10. The van der Waals surface area contributed by atoms with E-state index in [1.54, 1.807) is 24.5 Å². The Morgan fingerprint density at radius 3 is 3.17 bits per heavy atom. The fourth-order valence-corrected chi connectivity index (χ4v) is 2.43. The first kappa shape index (κ1) is 12.8. The molecule has 18 heavy (non-hydrogen) atoms.